The third kappa shape index (κ3) is 3.89. The zero-order chi connectivity index (χ0) is 14.6. The van der Waals surface area contributed by atoms with Gasteiger partial charge in [-0.05, 0) is 38.5 Å². The largest absolute Gasteiger partial charge is 0.396 e. The minimum absolute atomic E-state index is 0.0175. The molecular weight excluding hydrogens is 293 g/mol. The van der Waals surface area contributed by atoms with Crippen LogP contribution in [0.2, 0.25) is 5.02 Å². The second kappa shape index (κ2) is 6.65. The van der Waals surface area contributed by atoms with E-state index < -0.39 is 15.8 Å². The Morgan fingerprint density at radius 1 is 1.42 bits per heavy atom. The average Bonchev–Trinajstić information content (AvgIpc) is 2.32. The van der Waals surface area contributed by atoms with Gasteiger partial charge in [0.1, 0.15) is 10.7 Å². The minimum Gasteiger partial charge on any atom is -0.396 e. The predicted molar refractivity (Wildman–Crippen MR) is 72.1 cm³/mol. The summed E-state index contributed by atoms with van der Waals surface area (Å²) < 4.78 is 39.3. The third-order valence-corrected chi connectivity index (χ3v) is 5.15. The van der Waals surface area contributed by atoms with Crippen LogP contribution in [0.4, 0.5) is 4.39 Å². The fraction of sp³-hybridized carbons (Fsp3) is 0.500. The molecular formula is C12H17ClFNO3S. The maximum Gasteiger partial charge on any atom is 0.244 e. The molecule has 0 aliphatic rings. The Morgan fingerprint density at radius 2 is 2.05 bits per heavy atom. The minimum atomic E-state index is -3.88. The molecule has 0 spiro atoms. The zero-order valence-electron chi connectivity index (χ0n) is 10.8. The molecule has 0 saturated carbocycles. The van der Waals surface area contributed by atoms with E-state index >= 15 is 0 Å². The highest BCUT2D eigenvalue weighted by molar-refractivity contribution is 7.89. The molecule has 0 bridgehead atoms. The highest BCUT2D eigenvalue weighted by atomic mass is 35.5. The van der Waals surface area contributed by atoms with Crippen molar-refractivity contribution in [2.24, 2.45) is 0 Å². The molecule has 0 atom stereocenters. The molecule has 0 radical (unpaired) electrons. The van der Waals surface area contributed by atoms with Crippen molar-refractivity contribution < 1.29 is 17.9 Å². The summed E-state index contributed by atoms with van der Waals surface area (Å²) in [7, 11) is -3.88. The molecule has 0 aliphatic carbocycles. The maximum atomic E-state index is 13.2. The first-order chi connectivity index (χ1) is 8.80. The summed E-state index contributed by atoms with van der Waals surface area (Å²) in [6.45, 7) is 3.46. The number of benzene rings is 1. The molecule has 7 heteroatoms. The smallest absolute Gasteiger partial charge is 0.244 e. The Labute approximate surface area is 117 Å². The van der Waals surface area contributed by atoms with Crippen LogP contribution in [0.15, 0.2) is 23.1 Å². The van der Waals surface area contributed by atoms with Crippen molar-refractivity contribution in [2.75, 3.05) is 13.2 Å². The van der Waals surface area contributed by atoms with Crippen LogP contribution in [0.5, 0.6) is 0 Å². The molecule has 1 N–H and O–H groups in total. The van der Waals surface area contributed by atoms with Crippen LogP contribution in [-0.4, -0.2) is 37.0 Å². The fourth-order valence-electron chi connectivity index (χ4n) is 1.68. The van der Waals surface area contributed by atoms with Gasteiger partial charge in [-0.2, -0.15) is 4.31 Å². The Hall–Kier alpha value is -0.690. The summed E-state index contributed by atoms with van der Waals surface area (Å²) in [4.78, 5) is -0.249. The monoisotopic (exact) mass is 309 g/mol. The lowest BCUT2D eigenvalue weighted by Crippen LogP contribution is -2.38. The van der Waals surface area contributed by atoms with Gasteiger partial charge in [0.05, 0.1) is 5.02 Å². The van der Waals surface area contributed by atoms with Crippen molar-refractivity contribution >= 4 is 21.6 Å². The van der Waals surface area contributed by atoms with Gasteiger partial charge in [-0.25, -0.2) is 12.8 Å². The lowest BCUT2D eigenvalue weighted by molar-refractivity contribution is 0.258. The number of hydrogen-bond acceptors (Lipinski definition) is 3. The van der Waals surface area contributed by atoms with Gasteiger partial charge < -0.3 is 5.11 Å². The Kier molecular flexibility index (Phi) is 5.73. The lowest BCUT2D eigenvalue weighted by atomic mass is 10.3. The van der Waals surface area contributed by atoms with E-state index in [-0.39, 0.29) is 29.1 Å². The fourth-order valence-corrected chi connectivity index (χ4v) is 3.85. The number of hydrogen-bond donors (Lipinski definition) is 1. The highest BCUT2D eigenvalue weighted by Crippen LogP contribution is 2.26. The van der Waals surface area contributed by atoms with Gasteiger partial charge in [-0.1, -0.05) is 11.6 Å². The van der Waals surface area contributed by atoms with Crippen LogP contribution in [0.25, 0.3) is 0 Å². The summed E-state index contributed by atoms with van der Waals surface area (Å²) >= 11 is 5.84. The van der Waals surface area contributed by atoms with E-state index in [1.54, 1.807) is 13.8 Å². The molecule has 0 amide bonds. The number of rotatable bonds is 6. The van der Waals surface area contributed by atoms with Gasteiger partial charge in [-0.3, -0.25) is 0 Å². The van der Waals surface area contributed by atoms with Gasteiger partial charge in [0, 0.05) is 19.2 Å². The summed E-state index contributed by atoms with van der Waals surface area (Å²) in [5.74, 6) is -0.658. The molecule has 1 rings (SSSR count). The van der Waals surface area contributed by atoms with Gasteiger partial charge in [-0.15, -0.1) is 0 Å². The van der Waals surface area contributed by atoms with Crippen molar-refractivity contribution in [2.45, 2.75) is 31.2 Å². The second-order valence-corrected chi connectivity index (χ2v) is 6.63. The Bertz CT molecular complexity index is 534. The molecule has 0 aliphatic heterocycles. The molecule has 19 heavy (non-hydrogen) atoms. The Morgan fingerprint density at radius 3 is 2.58 bits per heavy atom. The number of aliphatic hydroxyl groups excluding tert-OH is 1. The molecule has 0 aromatic heterocycles. The van der Waals surface area contributed by atoms with Crippen LogP contribution < -0.4 is 0 Å². The van der Waals surface area contributed by atoms with Crippen molar-refractivity contribution in [3.63, 3.8) is 0 Å². The van der Waals surface area contributed by atoms with Crippen LogP contribution in [0, 0.1) is 5.82 Å². The second-order valence-electron chi connectivity index (χ2n) is 4.36. The van der Waals surface area contributed by atoms with E-state index in [1.807, 2.05) is 0 Å². The lowest BCUT2D eigenvalue weighted by Gasteiger charge is -2.26. The number of sulfonamides is 1. The molecule has 108 valence electrons. The topological polar surface area (TPSA) is 57.6 Å². The summed E-state index contributed by atoms with van der Waals surface area (Å²) in [6.07, 6.45) is 0.310. The van der Waals surface area contributed by atoms with Gasteiger partial charge in [0.15, 0.2) is 0 Å². The van der Waals surface area contributed by atoms with E-state index in [4.69, 9.17) is 16.7 Å². The Balaban J connectivity index is 3.22. The van der Waals surface area contributed by atoms with Gasteiger partial charge in [0.2, 0.25) is 10.0 Å². The van der Waals surface area contributed by atoms with E-state index in [9.17, 15) is 12.8 Å². The number of halogens is 2. The van der Waals surface area contributed by atoms with Crippen molar-refractivity contribution in [1.82, 2.24) is 4.31 Å². The number of nitrogens with zero attached hydrogens (tertiary/aromatic N) is 1. The molecule has 0 heterocycles. The maximum absolute atomic E-state index is 13.2. The molecule has 0 unspecified atom stereocenters. The summed E-state index contributed by atoms with van der Waals surface area (Å²) in [5, 5.41) is 8.81. The number of aliphatic hydroxyl groups is 1. The zero-order valence-corrected chi connectivity index (χ0v) is 12.4. The predicted octanol–water partition coefficient (Wildman–Crippen LogP) is 2.26. The standard InChI is InChI=1S/C12H17ClFNO3S/c1-9(2)15(6-3-7-16)19(17,18)12-8-10(14)4-5-11(12)13/h4-5,8-9,16H,3,6-7H2,1-2H3. The van der Waals surface area contributed by atoms with E-state index in [1.165, 1.54) is 10.4 Å². The molecule has 0 fully saturated rings. The first-order valence-corrected chi connectivity index (χ1v) is 7.70. The third-order valence-electron chi connectivity index (χ3n) is 2.59. The quantitative estimate of drug-likeness (QED) is 0.877. The van der Waals surface area contributed by atoms with Gasteiger partial charge in [0.25, 0.3) is 0 Å². The van der Waals surface area contributed by atoms with E-state index in [0.717, 1.165) is 12.1 Å². The average molecular weight is 310 g/mol. The summed E-state index contributed by atoms with van der Waals surface area (Å²) in [6, 6.07) is 2.92. The van der Waals surface area contributed by atoms with Crippen LogP contribution in [0.3, 0.4) is 0 Å². The van der Waals surface area contributed by atoms with E-state index in [0.29, 0.717) is 6.42 Å². The van der Waals surface area contributed by atoms with Crippen LogP contribution >= 0.6 is 11.6 Å². The van der Waals surface area contributed by atoms with Crippen LogP contribution in [-0.2, 0) is 10.0 Å². The van der Waals surface area contributed by atoms with Crippen molar-refractivity contribution in [3.8, 4) is 0 Å². The first kappa shape index (κ1) is 16.4. The summed E-state index contributed by atoms with van der Waals surface area (Å²) in [5.41, 5.74) is 0. The van der Waals surface area contributed by atoms with E-state index in [2.05, 4.69) is 0 Å². The van der Waals surface area contributed by atoms with Crippen molar-refractivity contribution in [1.29, 1.82) is 0 Å². The highest BCUT2D eigenvalue weighted by Gasteiger charge is 2.28. The van der Waals surface area contributed by atoms with Gasteiger partial charge >= 0.3 is 0 Å². The normalized spacial score (nSPS) is 12.4. The molecule has 1 aromatic carbocycles. The molecule has 4 nitrogen and oxygen atoms in total. The first-order valence-electron chi connectivity index (χ1n) is 5.88. The van der Waals surface area contributed by atoms with Crippen LogP contribution in [0.1, 0.15) is 20.3 Å². The molecule has 0 saturated heterocycles. The SMILES string of the molecule is CC(C)N(CCCO)S(=O)(=O)c1cc(F)ccc1Cl. The molecule has 1 aromatic rings. The van der Waals surface area contributed by atoms with Crippen molar-refractivity contribution in [3.05, 3.63) is 29.0 Å².